The summed E-state index contributed by atoms with van der Waals surface area (Å²) >= 11 is 0. The number of hydrogen-bond acceptors (Lipinski definition) is 2. The Morgan fingerprint density at radius 3 is 2.89 bits per heavy atom. The Morgan fingerprint density at radius 1 is 1.37 bits per heavy atom. The third-order valence-corrected chi connectivity index (χ3v) is 4.24. The van der Waals surface area contributed by atoms with E-state index in [1.807, 2.05) is 6.92 Å². The van der Waals surface area contributed by atoms with Crippen molar-refractivity contribution in [2.24, 2.45) is 0 Å². The molecule has 0 unspecified atom stereocenters. The SMILES string of the molecule is Cc1[nH]ccc1C(=O)N1CC(=O)N[C@@H]2CCCC[C@H]21. The molecule has 2 heterocycles. The van der Waals surface area contributed by atoms with Gasteiger partial charge in [-0.05, 0) is 25.8 Å². The maximum atomic E-state index is 12.6. The number of amides is 2. The van der Waals surface area contributed by atoms with Crippen LogP contribution in [0.3, 0.4) is 0 Å². The van der Waals surface area contributed by atoms with Crippen molar-refractivity contribution in [1.29, 1.82) is 0 Å². The zero-order chi connectivity index (χ0) is 13.4. The summed E-state index contributed by atoms with van der Waals surface area (Å²) in [5.41, 5.74) is 1.54. The van der Waals surface area contributed by atoms with Gasteiger partial charge in [0.05, 0.1) is 11.6 Å². The van der Waals surface area contributed by atoms with E-state index in [-0.39, 0.29) is 30.4 Å². The molecule has 1 saturated heterocycles. The molecule has 2 fully saturated rings. The van der Waals surface area contributed by atoms with Gasteiger partial charge in [-0.25, -0.2) is 0 Å². The fourth-order valence-electron chi connectivity index (χ4n) is 3.24. The first-order valence-corrected chi connectivity index (χ1v) is 6.91. The minimum atomic E-state index is -0.0373. The van der Waals surface area contributed by atoms with Gasteiger partial charge >= 0.3 is 0 Å². The minimum absolute atomic E-state index is 0.0227. The number of aromatic amines is 1. The molecule has 0 bridgehead atoms. The van der Waals surface area contributed by atoms with E-state index in [1.54, 1.807) is 17.2 Å². The lowest BCUT2D eigenvalue weighted by Crippen LogP contribution is -2.62. The standard InChI is InChI=1S/C14H19N3O2/c1-9-10(6-7-15-9)14(19)17-8-13(18)16-11-4-2-3-5-12(11)17/h6-7,11-12,15H,2-5,8H2,1H3,(H,16,18)/t11-,12-/m1/s1. The number of fused-ring (bicyclic) bond motifs is 1. The Labute approximate surface area is 112 Å². The summed E-state index contributed by atoms with van der Waals surface area (Å²) in [4.78, 5) is 29.2. The number of nitrogens with one attached hydrogen (secondary N) is 2. The summed E-state index contributed by atoms with van der Waals surface area (Å²) in [5, 5.41) is 3.02. The first-order valence-electron chi connectivity index (χ1n) is 6.91. The van der Waals surface area contributed by atoms with E-state index in [0.29, 0.717) is 5.56 Å². The van der Waals surface area contributed by atoms with E-state index in [9.17, 15) is 9.59 Å². The van der Waals surface area contributed by atoms with Crippen molar-refractivity contribution < 1.29 is 9.59 Å². The lowest BCUT2D eigenvalue weighted by molar-refractivity contribution is -0.127. The van der Waals surface area contributed by atoms with Crippen LogP contribution in [0.1, 0.15) is 41.7 Å². The molecular weight excluding hydrogens is 242 g/mol. The van der Waals surface area contributed by atoms with Crippen molar-refractivity contribution in [3.63, 3.8) is 0 Å². The van der Waals surface area contributed by atoms with E-state index in [4.69, 9.17) is 0 Å². The molecule has 0 spiro atoms. The molecule has 2 N–H and O–H groups in total. The Kier molecular flexibility index (Phi) is 3.05. The van der Waals surface area contributed by atoms with Crippen LogP contribution in [-0.2, 0) is 4.79 Å². The van der Waals surface area contributed by atoms with Crippen LogP contribution < -0.4 is 5.32 Å². The van der Waals surface area contributed by atoms with Crippen LogP contribution in [0.4, 0.5) is 0 Å². The van der Waals surface area contributed by atoms with Gasteiger partial charge in [0, 0.05) is 17.9 Å². The van der Waals surface area contributed by atoms with Crippen LogP contribution in [0.15, 0.2) is 12.3 Å². The van der Waals surface area contributed by atoms with Crippen molar-refractivity contribution in [2.75, 3.05) is 6.54 Å². The second-order valence-corrected chi connectivity index (χ2v) is 5.48. The van der Waals surface area contributed by atoms with Gasteiger partial charge < -0.3 is 15.2 Å². The first kappa shape index (κ1) is 12.3. The van der Waals surface area contributed by atoms with Gasteiger partial charge in [-0.2, -0.15) is 0 Å². The minimum Gasteiger partial charge on any atom is -0.365 e. The predicted molar refractivity (Wildman–Crippen MR) is 70.8 cm³/mol. The van der Waals surface area contributed by atoms with Crippen molar-refractivity contribution in [1.82, 2.24) is 15.2 Å². The van der Waals surface area contributed by atoms with Crippen molar-refractivity contribution >= 4 is 11.8 Å². The van der Waals surface area contributed by atoms with E-state index >= 15 is 0 Å². The van der Waals surface area contributed by atoms with Crippen LogP contribution in [0.5, 0.6) is 0 Å². The number of aryl methyl sites for hydroxylation is 1. The summed E-state index contributed by atoms with van der Waals surface area (Å²) < 4.78 is 0. The Balaban J connectivity index is 1.87. The van der Waals surface area contributed by atoms with Gasteiger partial charge in [0.2, 0.25) is 5.91 Å². The van der Waals surface area contributed by atoms with Crippen LogP contribution in [0, 0.1) is 6.92 Å². The number of nitrogens with zero attached hydrogens (tertiary/aromatic N) is 1. The largest absolute Gasteiger partial charge is 0.365 e. The molecule has 1 aliphatic heterocycles. The van der Waals surface area contributed by atoms with Gasteiger partial charge in [-0.1, -0.05) is 12.8 Å². The number of aromatic nitrogens is 1. The number of piperazine rings is 1. The summed E-state index contributed by atoms with van der Waals surface area (Å²) in [7, 11) is 0. The predicted octanol–water partition coefficient (Wildman–Crippen LogP) is 1.21. The van der Waals surface area contributed by atoms with E-state index in [1.165, 1.54) is 0 Å². The molecule has 2 atom stereocenters. The Morgan fingerprint density at radius 2 is 2.16 bits per heavy atom. The summed E-state index contributed by atoms with van der Waals surface area (Å²) in [6.07, 6.45) is 6.00. The zero-order valence-corrected chi connectivity index (χ0v) is 11.1. The highest BCUT2D eigenvalue weighted by molar-refractivity contribution is 5.98. The molecule has 2 amide bonds. The normalized spacial score (nSPS) is 26.8. The van der Waals surface area contributed by atoms with Crippen LogP contribution in [0.2, 0.25) is 0 Å². The highest BCUT2D eigenvalue weighted by Gasteiger charge is 2.39. The molecule has 0 radical (unpaired) electrons. The molecule has 5 nitrogen and oxygen atoms in total. The van der Waals surface area contributed by atoms with Gasteiger partial charge in [0.15, 0.2) is 0 Å². The van der Waals surface area contributed by atoms with Crippen LogP contribution in [0.25, 0.3) is 0 Å². The fraction of sp³-hybridized carbons (Fsp3) is 0.571. The van der Waals surface area contributed by atoms with Crippen LogP contribution in [-0.4, -0.2) is 40.3 Å². The monoisotopic (exact) mass is 261 g/mol. The molecule has 19 heavy (non-hydrogen) atoms. The van der Waals surface area contributed by atoms with Crippen LogP contribution >= 0.6 is 0 Å². The van der Waals surface area contributed by atoms with Crippen molar-refractivity contribution in [2.45, 2.75) is 44.7 Å². The topological polar surface area (TPSA) is 65.2 Å². The number of carbonyl (C=O) groups excluding carboxylic acids is 2. The molecule has 0 aromatic carbocycles. The maximum Gasteiger partial charge on any atom is 0.256 e. The third-order valence-electron chi connectivity index (χ3n) is 4.24. The smallest absolute Gasteiger partial charge is 0.256 e. The highest BCUT2D eigenvalue weighted by atomic mass is 16.2. The van der Waals surface area contributed by atoms with E-state index < -0.39 is 0 Å². The summed E-state index contributed by atoms with van der Waals surface area (Å²) in [6.45, 7) is 2.07. The average Bonchev–Trinajstić information content (AvgIpc) is 2.83. The average molecular weight is 261 g/mol. The highest BCUT2D eigenvalue weighted by Crippen LogP contribution is 2.27. The van der Waals surface area contributed by atoms with Gasteiger partial charge in [0.25, 0.3) is 5.91 Å². The fourth-order valence-corrected chi connectivity index (χ4v) is 3.24. The molecule has 102 valence electrons. The second-order valence-electron chi connectivity index (χ2n) is 5.48. The molecule has 5 heteroatoms. The number of carbonyl (C=O) groups is 2. The summed E-state index contributed by atoms with van der Waals surface area (Å²) in [5.74, 6) is -0.0600. The summed E-state index contributed by atoms with van der Waals surface area (Å²) in [6, 6.07) is 2.09. The molecule has 3 rings (SSSR count). The maximum absolute atomic E-state index is 12.6. The van der Waals surface area contributed by atoms with E-state index in [2.05, 4.69) is 10.3 Å². The Bertz CT molecular complexity index is 509. The molecular formula is C14H19N3O2. The number of hydrogen-bond donors (Lipinski definition) is 2. The lowest BCUT2D eigenvalue weighted by Gasteiger charge is -2.43. The number of H-pyrrole nitrogens is 1. The Hall–Kier alpha value is -1.78. The van der Waals surface area contributed by atoms with E-state index in [0.717, 1.165) is 31.4 Å². The molecule has 1 aromatic rings. The van der Waals surface area contributed by atoms with Gasteiger partial charge in [0.1, 0.15) is 6.54 Å². The van der Waals surface area contributed by atoms with Gasteiger partial charge in [-0.3, -0.25) is 9.59 Å². The molecule has 1 aliphatic carbocycles. The zero-order valence-electron chi connectivity index (χ0n) is 11.1. The van der Waals surface area contributed by atoms with Crippen molar-refractivity contribution in [3.05, 3.63) is 23.5 Å². The lowest BCUT2D eigenvalue weighted by atomic mass is 9.87. The third kappa shape index (κ3) is 2.13. The quantitative estimate of drug-likeness (QED) is 0.798. The molecule has 1 saturated carbocycles. The molecule has 2 aliphatic rings. The molecule has 1 aromatic heterocycles. The first-order chi connectivity index (χ1) is 9.16. The van der Waals surface area contributed by atoms with Crippen molar-refractivity contribution in [3.8, 4) is 0 Å². The van der Waals surface area contributed by atoms with Gasteiger partial charge in [-0.15, -0.1) is 0 Å². The second kappa shape index (κ2) is 4.72. The number of rotatable bonds is 1.